The van der Waals surface area contributed by atoms with Crippen molar-refractivity contribution >= 4 is 44.9 Å². The largest absolute Gasteiger partial charge is 0.310 e. The molecule has 13 aromatic rings. The Bertz CT molecular complexity index is 4860. The van der Waals surface area contributed by atoms with Gasteiger partial charge in [-0.1, -0.05) is 251 Å². The number of rotatable bonds is 8. The normalized spacial score (nSPS) is 14.4. The highest BCUT2D eigenvalue weighted by Crippen LogP contribution is 2.65. The highest BCUT2D eigenvalue weighted by Gasteiger charge is 2.52. The van der Waals surface area contributed by atoms with Gasteiger partial charge in [-0.2, -0.15) is 0 Å². The molecule has 4 aliphatic rings. The molecule has 0 atom stereocenters. The van der Waals surface area contributed by atoms with Crippen LogP contribution in [0.4, 0.5) is 34.1 Å². The van der Waals surface area contributed by atoms with Gasteiger partial charge in [0.15, 0.2) is 0 Å². The molecular formula is C85H64N2. The van der Waals surface area contributed by atoms with Crippen LogP contribution in [0.15, 0.2) is 279 Å². The highest BCUT2D eigenvalue weighted by atomic mass is 15.2. The molecule has 0 heterocycles. The molecule has 2 nitrogen and oxygen atoms in total. The predicted molar refractivity (Wildman–Crippen MR) is 365 cm³/mol. The Labute approximate surface area is 511 Å². The molecule has 13 aromatic carbocycles. The van der Waals surface area contributed by atoms with Crippen molar-refractivity contribution in [3.05, 3.63) is 335 Å². The smallest absolute Gasteiger partial charge is 0.0726 e. The zero-order valence-electron chi connectivity index (χ0n) is 50.0. The maximum atomic E-state index is 2.51. The van der Waals surface area contributed by atoms with E-state index in [0.717, 1.165) is 39.7 Å². The van der Waals surface area contributed by atoms with E-state index < -0.39 is 5.41 Å². The van der Waals surface area contributed by atoms with Gasteiger partial charge < -0.3 is 9.80 Å². The first-order chi connectivity index (χ1) is 42.5. The second-order valence-corrected chi connectivity index (χ2v) is 25.7. The van der Waals surface area contributed by atoms with E-state index in [1.165, 1.54) is 128 Å². The highest BCUT2D eigenvalue weighted by molar-refractivity contribution is 6.02. The molecule has 0 saturated heterocycles. The van der Waals surface area contributed by atoms with Crippen LogP contribution in [0.1, 0.15) is 83.3 Å². The maximum Gasteiger partial charge on any atom is 0.0726 e. The SMILES string of the molecule is Cc1ccc2c(c1)C(C)(C)c1cc(N(c3ccc(-c4ccc(N(c5ccc6ccccc6c5)c5cccc6c5-c5ccccc5C65c6ccccc6-c6ccccc65)cc4)c(-c4ccccc4)c3)c3ccc4c(c3)C(C)(C)c3cc(C)ccc3-4)ccc1-2. The summed E-state index contributed by atoms with van der Waals surface area (Å²) >= 11 is 0. The van der Waals surface area contributed by atoms with Crippen LogP contribution in [0.5, 0.6) is 0 Å². The summed E-state index contributed by atoms with van der Waals surface area (Å²) < 4.78 is 0. The van der Waals surface area contributed by atoms with Crippen LogP contribution in [-0.2, 0) is 16.2 Å². The lowest BCUT2D eigenvalue weighted by molar-refractivity contribution is 0.659. The first kappa shape index (κ1) is 51.2. The van der Waals surface area contributed by atoms with Gasteiger partial charge in [0, 0.05) is 44.8 Å². The van der Waals surface area contributed by atoms with Gasteiger partial charge in [-0.25, -0.2) is 0 Å². The van der Waals surface area contributed by atoms with Crippen molar-refractivity contribution in [1.29, 1.82) is 0 Å². The Morgan fingerprint density at radius 2 is 0.655 bits per heavy atom. The standard InChI is InChI=1S/C85H64N2/c1-53-31-42-67-69-45-40-62(51-79(69)83(3,4)77(67)47-53)86(63-41-46-70-68-43-32-54(2)48-78(68)84(5,6)80(70)52-63)61-39-44-64(72(50-61)56-20-8-7-9-21-56)57-34-36-59(37-35-57)87(60-38-33-55-19-10-11-22-58(55)49-60)81-30-18-29-76-82(81)71-25-14-17-28-75(71)85(76)73-26-15-12-23-65(73)66-24-13-16-27-74(66)85/h7-52H,1-6H3. The van der Waals surface area contributed by atoms with Gasteiger partial charge in [-0.3, -0.25) is 0 Å². The fourth-order valence-corrected chi connectivity index (χ4v) is 16.0. The molecule has 17 rings (SSSR count). The zero-order valence-corrected chi connectivity index (χ0v) is 50.0. The van der Waals surface area contributed by atoms with Crippen molar-refractivity contribution in [3.63, 3.8) is 0 Å². The molecule has 87 heavy (non-hydrogen) atoms. The Morgan fingerprint density at radius 3 is 1.25 bits per heavy atom. The van der Waals surface area contributed by atoms with E-state index in [0.29, 0.717) is 0 Å². The van der Waals surface area contributed by atoms with Crippen LogP contribution >= 0.6 is 0 Å². The molecule has 0 unspecified atom stereocenters. The van der Waals surface area contributed by atoms with Gasteiger partial charge in [-0.15, -0.1) is 0 Å². The van der Waals surface area contributed by atoms with E-state index in [-0.39, 0.29) is 10.8 Å². The number of aryl methyl sites for hydroxylation is 2. The third kappa shape index (κ3) is 7.41. The van der Waals surface area contributed by atoms with E-state index in [1.807, 2.05) is 0 Å². The molecule has 4 aliphatic carbocycles. The molecule has 0 N–H and O–H groups in total. The van der Waals surface area contributed by atoms with Crippen molar-refractivity contribution in [3.8, 4) is 66.8 Å². The van der Waals surface area contributed by atoms with Crippen molar-refractivity contribution < 1.29 is 0 Å². The molecule has 0 bridgehead atoms. The predicted octanol–water partition coefficient (Wildman–Crippen LogP) is 22.7. The van der Waals surface area contributed by atoms with Gasteiger partial charge in [0.25, 0.3) is 0 Å². The third-order valence-corrected chi connectivity index (χ3v) is 20.2. The zero-order chi connectivity index (χ0) is 58.5. The fraction of sp³-hybridized carbons (Fsp3) is 0.106. The summed E-state index contributed by atoms with van der Waals surface area (Å²) in [7, 11) is 0. The van der Waals surface area contributed by atoms with Gasteiger partial charge in [0.05, 0.1) is 11.1 Å². The summed E-state index contributed by atoms with van der Waals surface area (Å²) in [5, 5.41) is 2.42. The topological polar surface area (TPSA) is 6.48 Å². The summed E-state index contributed by atoms with van der Waals surface area (Å²) in [6.07, 6.45) is 0. The lowest BCUT2D eigenvalue weighted by Gasteiger charge is -2.32. The molecular weight excluding hydrogens is 1050 g/mol. The lowest BCUT2D eigenvalue weighted by atomic mass is 9.70. The quantitative estimate of drug-likeness (QED) is 0.150. The average Bonchev–Trinajstić information content (AvgIpc) is 1.52. The molecule has 2 heteroatoms. The Hall–Kier alpha value is -10.3. The lowest BCUT2D eigenvalue weighted by Crippen LogP contribution is -2.26. The number of fused-ring (bicyclic) bond motifs is 17. The minimum absolute atomic E-state index is 0.172. The summed E-state index contributed by atoms with van der Waals surface area (Å²) in [6, 6.07) is 106. The first-order valence-corrected chi connectivity index (χ1v) is 30.8. The molecule has 1 spiro atoms. The minimum Gasteiger partial charge on any atom is -0.310 e. The molecule has 0 saturated carbocycles. The number of hydrogen-bond donors (Lipinski definition) is 0. The van der Waals surface area contributed by atoms with E-state index in [9.17, 15) is 0 Å². The second-order valence-electron chi connectivity index (χ2n) is 25.7. The molecule has 414 valence electrons. The Morgan fingerprint density at radius 1 is 0.241 bits per heavy atom. The van der Waals surface area contributed by atoms with Gasteiger partial charge in [0.1, 0.15) is 0 Å². The van der Waals surface area contributed by atoms with Gasteiger partial charge in [0.2, 0.25) is 0 Å². The number of nitrogens with zero attached hydrogens (tertiary/aromatic N) is 2. The van der Waals surface area contributed by atoms with Crippen molar-refractivity contribution in [2.45, 2.75) is 57.8 Å². The molecule has 0 fully saturated rings. The summed E-state index contributed by atoms with van der Waals surface area (Å²) in [5.41, 5.74) is 34.4. The number of anilines is 6. The van der Waals surface area contributed by atoms with Gasteiger partial charge in [-0.05, 0) is 197 Å². The van der Waals surface area contributed by atoms with E-state index in [1.54, 1.807) is 0 Å². The van der Waals surface area contributed by atoms with Gasteiger partial charge >= 0.3 is 0 Å². The van der Waals surface area contributed by atoms with E-state index >= 15 is 0 Å². The minimum atomic E-state index is -0.464. The molecule has 0 aromatic heterocycles. The molecule has 0 aliphatic heterocycles. The third-order valence-electron chi connectivity index (χ3n) is 20.2. The summed E-state index contributed by atoms with van der Waals surface area (Å²) in [4.78, 5) is 5.02. The van der Waals surface area contributed by atoms with Crippen LogP contribution in [-0.4, -0.2) is 0 Å². The van der Waals surface area contributed by atoms with Crippen LogP contribution in [0.2, 0.25) is 0 Å². The van der Waals surface area contributed by atoms with Crippen molar-refractivity contribution in [1.82, 2.24) is 0 Å². The average molecular weight is 1110 g/mol. The molecule has 0 radical (unpaired) electrons. The number of benzene rings is 13. The summed E-state index contributed by atoms with van der Waals surface area (Å²) in [5.74, 6) is 0. The monoisotopic (exact) mass is 1110 g/mol. The Kier molecular flexibility index (Phi) is 11.1. The van der Waals surface area contributed by atoms with E-state index in [2.05, 4.69) is 330 Å². The van der Waals surface area contributed by atoms with E-state index in [4.69, 9.17) is 0 Å². The van der Waals surface area contributed by atoms with Crippen LogP contribution in [0, 0.1) is 13.8 Å². The maximum absolute atomic E-state index is 2.51. The Balaban J connectivity index is 0.830. The first-order valence-electron chi connectivity index (χ1n) is 30.8. The molecule has 0 amide bonds. The fourth-order valence-electron chi connectivity index (χ4n) is 16.0. The van der Waals surface area contributed by atoms with Crippen LogP contribution < -0.4 is 9.80 Å². The van der Waals surface area contributed by atoms with Crippen LogP contribution in [0.3, 0.4) is 0 Å². The summed E-state index contributed by atoms with van der Waals surface area (Å²) in [6.45, 7) is 14.0. The van der Waals surface area contributed by atoms with Crippen molar-refractivity contribution in [2.24, 2.45) is 0 Å². The second kappa shape index (κ2) is 18.9. The van der Waals surface area contributed by atoms with Crippen molar-refractivity contribution in [2.75, 3.05) is 9.80 Å². The number of hydrogen-bond acceptors (Lipinski definition) is 2. The van der Waals surface area contributed by atoms with Crippen LogP contribution in [0.25, 0.3) is 77.5 Å².